The summed E-state index contributed by atoms with van der Waals surface area (Å²) in [5.41, 5.74) is 3.60. The Balaban J connectivity index is 1.74. The Morgan fingerprint density at radius 2 is 1.48 bits per heavy atom. The summed E-state index contributed by atoms with van der Waals surface area (Å²) < 4.78 is 1.71. The Morgan fingerprint density at radius 1 is 0.862 bits per heavy atom. The number of carbonyl (C=O) groups is 1. The van der Waals surface area contributed by atoms with E-state index in [1.54, 1.807) is 4.68 Å². The molecule has 0 atom stereocenters. The van der Waals surface area contributed by atoms with E-state index in [1.165, 1.54) is 0 Å². The van der Waals surface area contributed by atoms with E-state index in [4.69, 9.17) is 0 Å². The molecule has 1 N–H and O–H groups in total. The molecule has 1 heterocycles. The van der Waals surface area contributed by atoms with Crippen molar-refractivity contribution in [2.75, 3.05) is 5.32 Å². The van der Waals surface area contributed by atoms with Crippen LogP contribution < -0.4 is 5.32 Å². The van der Waals surface area contributed by atoms with E-state index in [0.717, 1.165) is 22.5 Å². The van der Waals surface area contributed by atoms with Gasteiger partial charge in [-0.2, -0.15) is 0 Å². The molecule has 1 amide bonds. The van der Waals surface area contributed by atoms with Crippen molar-refractivity contribution in [1.82, 2.24) is 14.8 Å². The Morgan fingerprint density at radius 3 is 2.17 bits per heavy atom. The van der Waals surface area contributed by atoms with E-state index >= 15 is 0 Å². The second kappa shape index (κ2) is 8.10. The van der Waals surface area contributed by atoms with Gasteiger partial charge in [-0.1, -0.05) is 80.6 Å². The van der Waals surface area contributed by atoms with E-state index in [2.05, 4.69) is 29.2 Å². The summed E-state index contributed by atoms with van der Waals surface area (Å²) in [4.78, 5) is 17.5. The van der Waals surface area contributed by atoms with Crippen LogP contribution in [0.3, 0.4) is 0 Å². The summed E-state index contributed by atoms with van der Waals surface area (Å²) in [5, 5.41) is 7.50. The summed E-state index contributed by atoms with van der Waals surface area (Å²) in [5.74, 6) is 0.719. The van der Waals surface area contributed by atoms with Crippen molar-refractivity contribution in [2.24, 2.45) is 0 Å². The van der Waals surface area contributed by atoms with Crippen molar-refractivity contribution in [1.29, 1.82) is 0 Å². The van der Waals surface area contributed by atoms with Gasteiger partial charge in [-0.3, -0.25) is 4.79 Å². The zero-order valence-corrected chi connectivity index (χ0v) is 16.4. The molecule has 29 heavy (non-hydrogen) atoms. The lowest BCUT2D eigenvalue weighted by Gasteiger charge is -2.12. The largest absolute Gasteiger partial charge is 0.319 e. The summed E-state index contributed by atoms with van der Waals surface area (Å²) in [6.45, 7) is 4.20. The number of amides is 1. The molecule has 0 radical (unpaired) electrons. The monoisotopic (exact) mass is 382 g/mol. The molecular weight excluding hydrogens is 360 g/mol. The lowest BCUT2D eigenvalue weighted by Crippen LogP contribution is -2.15. The quantitative estimate of drug-likeness (QED) is 0.509. The van der Waals surface area contributed by atoms with Gasteiger partial charge in [0.1, 0.15) is 0 Å². The predicted octanol–water partition coefficient (Wildman–Crippen LogP) is 5.31. The molecule has 0 spiro atoms. The van der Waals surface area contributed by atoms with Gasteiger partial charge in [0, 0.05) is 11.3 Å². The average Bonchev–Trinajstić information content (AvgIpc) is 3.21. The van der Waals surface area contributed by atoms with Crippen LogP contribution >= 0.6 is 0 Å². The maximum absolute atomic E-state index is 13.0. The second-order valence-electron chi connectivity index (χ2n) is 7.07. The number of nitrogens with one attached hydrogen (secondary N) is 1. The first-order chi connectivity index (χ1) is 14.1. The number of aromatic nitrogens is 3. The highest BCUT2D eigenvalue weighted by Gasteiger charge is 2.20. The molecule has 0 saturated carbocycles. The number of benzene rings is 3. The molecule has 0 aliphatic carbocycles. The fourth-order valence-corrected chi connectivity index (χ4v) is 3.22. The first-order valence-electron chi connectivity index (χ1n) is 9.61. The summed E-state index contributed by atoms with van der Waals surface area (Å²) in [6, 6.07) is 27.2. The fourth-order valence-electron chi connectivity index (χ4n) is 3.22. The molecule has 3 aromatic carbocycles. The van der Waals surface area contributed by atoms with E-state index < -0.39 is 0 Å². The van der Waals surface area contributed by atoms with Crippen LogP contribution in [0.2, 0.25) is 0 Å². The molecule has 0 aliphatic heterocycles. The SMILES string of the molecule is CC(C)c1ccccc1NC(=O)c1nc(-c2ccccc2)n(-c2ccccc2)n1. The smallest absolute Gasteiger partial charge is 0.295 e. The summed E-state index contributed by atoms with van der Waals surface area (Å²) >= 11 is 0. The van der Waals surface area contributed by atoms with Gasteiger partial charge < -0.3 is 5.32 Å². The number of para-hydroxylation sites is 2. The van der Waals surface area contributed by atoms with Gasteiger partial charge in [-0.05, 0) is 29.7 Å². The van der Waals surface area contributed by atoms with Crippen molar-refractivity contribution in [3.63, 3.8) is 0 Å². The van der Waals surface area contributed by atoms with Crippen LogP contribution in [-0.4, -0.2) is 20.7 Å². The first-order valence-corrected chi connectivity index (χ1v) is 9.61. The van der Waals surface area contributed by atoms with Gasteiger partial charge in [-0.25, -0.2) is 9.67 Å². The molecule has 0 saturated heterocycles. The van der Waals surface area contributed by atoms with Crippen LogP contribution in [0.25, 0.3) is 17.1 Å². The zero-order chi connectivity index (χ0) is 20.2. The molecule has 0 bridgehead atoms. The molecule has 0 fully saturated rings. The number of anilines is 1. The minimum atomic E-state index is -0.329. The highest BCUT2D eigenvalue weighted by Crippen LogP contribution is 2.25. The minimum absolute atomic E-state index is 0.131. The highest BCUT2D eigenvalue weighted by atomic mass is 16.2. The van der Waals surface area contributed by atoms with Gasteiger partial charge in [0.2, 0.25) is 5.82 Å². The third-order valence-corrected chi connectivity index (χ3v) is 4.67. The molecule has 4 rings (SSSR count). The maximum Gasteiger partial charge on any atom is 0.295 e. The first kappa shape index (κ1) is 18.6. The predicted molar refractivity (Wildman–Crippen MR) is 115 cm³/mol. The van der Waals surface area contributed by atoms with E-state index in [9.17, 15) is 4.79 Å². The fraction of sp³-hybridized carbons (Fsp3) is 0.125. The van der Waals surface area contributed by atoms with Crippen LogP contribution in [-0.2, 0) is 0 Å². The normalized spacial score (nSPS) is 10.9. The van der Waals surface area contributed by atoms with Gasteiger partial charge in [0.25, 0.3) is 5.91 Å². The second-order valence-corrected chi connectivity index (χ2v) is 7.07. The molecule has 0 aliphatic rings. The van der Waals surface area contributed by atoms with Crippen molar-refractivity contribution < 1.29 is 4.79 Å². The van der Waals surface area contributed by atoms with E-state index in [1.807, 2.05) is 84.9 Å². The van der Waals surface area contributed by atoms with Crippen LogP contribution in [0, 0.1) is 0 Å². The van der Waals surface area contributed by atoms with Crippen molar-refractivity contribution in [3.05, 3.63) is 96.3 Å². The molecule has 144 valence electrons. The van der Waals surface area contributed by atoms with Crippen LogP contribution in [0.15, 0.2) is 84.9 Å². The summed E-state index contributed by atoms with van der Waals surface area (Å²) in [7, 11) is 0. The lowest BCUT2D eigenvalue weighted by molar-refractivity contribution is 0.101. The Kier molecular flexibility index (Phi) is 5.20. The third-order valence-electron chi connectivity index (χ3n) is 4.67. The van der Waals surface area contributed by atoms with E-state index in [-0.39, 0.29) is 11.7 Å². The number of carbonyl (C=O) groups excluding carboxylic acids is 1. The van der Waals surface area contributed by atoms with Gasteiger partial charge in [0.15, 0.2) is 5.82 Å². The number of nitrogens with zero attached hydrogens (tertiary/aromatic N) is 3. The number of hydrogen-bond donors (Lipinski definition) is 1. The van der Waals surface area contributed by atoms with Crippen LogP contribution in [0.1, 0.15) is 35.9 Å². The third kappa shape index (κ3) is 3.94. The molecule has 5 heteroatoms. The molecule has 5 nitrogen and oxygen atoms in total. The van der Waals surface area contributed by atoms with Gasteiger partial charge in [-0.15, -0.1) is 5.10 Å². The molecule has 4 aromatic rings. The molecule has 0 unspecified atom stereocenters. The number of rotatable bonds is 5. The van der Waals surface area contributed by atoms with Crippen molar-refractivity contribution in [3.8, 4) is 17.1 Å². The highest BCUT2D eigenvalue weighted by molar-refractivity contribution is 6.02. The standard InChI is InChI=1S/C24H22N4O/c1-17(2)20-15-9-10-16-21(20)25-24(29)22-26-23(18-11-5-3-6-12-18)28(27-22)19-13-7-4-8-14-19/h3-17H,1-2H3,(H,25,29). The maximum atomic E-state index is 13.0. The van der Waals surface area contributed by atoms with Crippen LogP contribution in [0.4, 0.5) is 5.69 Å². The Labute approximate surface area is 170 Å². The minimum Gasteiger partial charge on any atom is -0.319 e. The zero-order valence-electron chi connectivity index (χ0n) is 16.4. The lowest BCUT2D eigenvalue weighted by atomic mass is 10.0. The number of hydrogen-bond acceptors (Lipinski definition) is 3. The van der Waals surface area contributed by atoms with Gasteiger partial charge in [0.05, 0.1) is 5.69 Å². The van der Waals surface area contributed by atoms with E-state index in [0.29, 0.717) is 11.7 Å². The molecular formula is C24H22N4O. The Hall–Kier alpha value is -3.73. The molecule has 1 aromatic heterocycles. The van der Waals surface area contributed by atoms with Crippen molar-refractivity contribution in [2.45, 2.75) is 19.8 Å². The topological polar surface area (TPSA) is 59.8 Å². The summed E-state index contributed by atoms with van der Waals surface area (Å²) in [6.07, 6.45) is 0. The average molecular weight is 382 g/mol. The van der Waals surface area contributed by atoms with Crippen LogP contribution in [0.5, 0.6) is 0 Å². The van der Waals surface area contributed by atoms with Gasteiger partial charge >= 0.3 is 0 Å². The van der Waals surface area contributed by atoms with Crippen molar-refractivity contribution >= 4 is 11.6 Å². The Bertz CT molecular complexity index is 1060.